The van der Waals surface area contributed by atoms with E-state index >= 15 is 0 Å². The van der Waals surface area contributed by atoms with E-state index < -0.39 is 0 Å². The summed E-state index contributed by atoms with van der Waals surface area (Å²) in [5, 5.41) is 6.47. The van der Waals surface area contributed by atoms with Crippen LogP contribution in [-0.2, 0) is 20.7 Å². The summed E-state index contributed by atoms with van der Waals surface area (Å²) in [5.74, 6) is 1.39. The van der Waals surface area contributed by atoms with Crippen LogP contribution in [0.3, 0.4) is 0 Å². The molecule has 1 aliphatic rings. The number of ether oxygens (including phenoxy) is 1. The Morgan fingerprint density at radius 1 is 1.26 bits per heavy atom. The van der Waals surface area contributed by atoms with Crippen LogP contribution in [0.1, 0.15) is 51.2 Å². The van der Waals surface area contributed by atoms with Gasteiger partial charge in [0.05, 0.1) is 24.4 Å². The third-order valence-electron chi connectivity index (χ3n) is 4.66. The molecule has 1 fully saturated rings. The van der Waals surface area contributed by atoms with Crippen LogP contribution in [0.4, 0.5) is 0 Å². The Morgan fingerprint density at radius 2 is 1.96 bits per heavy atom. The van der Waals surface area contributed by atoms with E-state index in [4.69, 9.17) is 4.74 Å². The van der Waals surface area contributed by atoms with E-state index in [2.05, 4.69) is 55.7 Å². The number of hydrogen-bond donors (Lipinski definition) is 2. The Labute approximate surface area is 167 Å². The van der Waals surface area contributed by atoms with Gasteiger partial charge in [0.25, 0.3) is 0 Å². The lowest BCUT2D eigenvalue weighted by molar-refractivity contribution is -0.143. The van der Waals surface area contributed by atoms with Crippen LogP contribution in [0.5, 0.6) is 0 Å². The SMILES string of the molecule is CCOC(=O)CCNC(=O)C1CSC([C@@H](C)c2ccc(CC(C)C)cc2)N1. The predicted molar refractivity (Wildman–Crippen MR) is 111 cm³/mol. The number of thioether (sulfide) groups is 1. The number of benzene rings is 1. The van der Waals surface area contributed by atoms with E-state index in [-0.39, 0.29) is 29.7 Å². The van der Waals surface area contributed by atoms with Gasteiger partial charge in [-0.3, -0.25) is 14.9 Å². The molecule has 27 heavy (non-hydrogen) atoms. The van der Waals surface area contributed by atoms with Gasteiger partial charge in [-0.05, 0) is 30.4 Å². The molecule has 0 spiro atoms. The number of carbonyl (C=O) groups excluding carboxylic acids is 2. The first-order chi connectivity index (χ1) is 12.9. The average Bonchev–Trinajstić information content (AvgIpc) is 3.11. The lowest BCUT2D eigenvalue weighted by Gasteiger charge is -2.21. The smallest absolute Gasteiger partial charge is 0.307 e. The maximum absolute atomic E-state index is 12.3. The fourth-order valence-electron chi connectivity index (χ4n) is 3.18. The molecule has 5 nitrogen and oxygen atoms in total. The number of hydrogen-bond acceptors (Lipinski definition) is 5. The molecule has 6 heteroatoms. The van der Waals surface area contributed by atoms with E-state index in [1.807, 2.05) is 0 Å². The molecule has 0 radical (unpaired) electrons. The summed E-state index contributed by atoms with van der Waals surface area (Å²) in [7, 11) is 0. The van der Waals surface area contributed by atoms with E-state index in [1.54, 1.807) is 18.7 Å². The highest BCUT2D eigenvalue weighted by molar-refractivity contribution is 8.00. The van der Waals surface area contributed by atoms with Crippen molar-refractivity contribution in [3.8, 4) is 0 Å². The van der Waals surface area contributed by atoms with Crippen LogP contribution >= 0.6 is 11.8 Å². The van der Waals surface area contributed by atoms with Crippen molar-refractivity contribution >= 4 is 23.6 Å². The predicted octanol–water partition coefficient (Wildman–Crippen LogP) is 3.09. The van der Waals surface area contributed by atoms with E-state index in [0.29, 0.717) is 25.0 Å². The van der Waals surface area contributed by atoms with Crippen LogP contribution in [-0.4, -0.2) is 42.2 Å². The summed E-state index contributed by atoms with van der Waals surface area (Å²) >= 11 is 1.78. The maximum Gasteiger partial charge on any atom is 0.307 e. The summed E-state index contributed by atoms with van der Waals surface area (Å²) in [6.07, 6.45) is 1.31. The molecule has 3 atom stereocenters. The molecular formula is C21H32N2O3S. The van der Waals surface area contributed by atoms with Gasteiger partial charge in [0, 0.05) is 18.2 Å². The first-order valence-electron chi connectivity index (χ1n) is 9.80. The fraction of sp³-hybridized carbons (Fsp3) is 0.619. The summed E-state index contributed by atoms with van der Waals surface area (Å²) in [6.45, 7) is 9.11. The molecule has 2 rings (SSSR count). The summed E-state index contributed by atoms with van der Waals surface area (Å²) < 4.78 is 4.87. The quantitative estimate of drug-likeness (QED) is 0.632. The monoisotopic (exact) mass is 392 g/mol. The Balaban J connectivity index is 1.80. The van der Waals surface area contributed by atoms with Gasteiger partial charge in [0.1, 0.15) is 0 Å². The molecular weight excluding hydrogens is 360 g/mol. The zero-order chi connectivity index (χ0) is 19.8. The molecule has 0 aromatic heterocycles. The largest absolute Gasteiger partial charge is 0.466 e. The summed E-state index contributed by atoms with van der Waals surface area (Å²) in [6, 6.07) is 8.62. The number of rotatable bonds is 9. The maximum atomic E-state index is 12.3. The zero-order valence-corrected chi connectivity index (χ0v) is 17.6. The lowest BCUT2D eigenvalue weighted by atomic mass is 9.96. The van der Waals surface area contributed by atoms with Crippen molar-refractivity contribution < 1.29 is 14.3 Å². The van der Waals surface area contributed by atoms with Crippen molar-refractivity contribution in [1.29, 1.82) is 0 Å². The standard InChI is InChI=1S/C21H32N2O3S/c1-5-26-19(24)10-11-22-20(25)18-13-27-21(23-18)15(4)17-8-6-16(7-9-17)12-14(2)3/h6-9,14-15,18,21,23H,5,10-13H2,1-4H3,(H,22,25)/t15-,18?,21?/m0/s1. The topological polar surface area (TPSA) is 67.4 Å². The van der Waals surface area contributed by atoms with E-state index in [1.165, 1.54) is 11.1 Å². The van der Waals surface area contributed by atoms with Gasteiger partial charge in [-0.15, -0.1) is 11.8 Å². The second-order valence-corrected chi connectivity index (χ2v) is 8.62. The molecule has 150 valence electrons. The van der Waals surface area contributed by atoms with Crippen LogP contribution in [0.15, 0.2) is 24.3 Å². The highest BCUT2D eigenvalue weighted by atomic mass is 32.2. The first kappa shape index (κ1) is 21.8. The van der Waals surface area contributed by atoms with Crippen molar-refractivity contribution in [3.05, 3.63) is 35.4 Å². The van der Waals surface area contributed by atoms with Crippen LogP contribution < -0.4 is 10.6 Å². The van der Waals surface area contributed by atoms with Crippen LogP contribution in [0.25, 0.3) is 0 Å². The number of amides is 1. The molecule has 1 saturated heterocycles. The molecule has 1 aliphatic heterocycles. The second kappa shape index (κ2) is 10.7. The van der Waals surface area contributed by atoms with Gasteiger partial charge in [-0.1, -0.05) is 45.0 Å². The second-order valence-electron chi connectivity index (χ2n) is 7.45. The molecule has 1 heterocycles. The molecule has 2 unspecified atom stereocenters. The van der Waals surface area contributed by atoms with Gasteiger partial charge < -0.3 is 10.1 Å². The fourth-order valence-corrected chi connectivity index (χ4v) is 4.54. The van der Waals surface area contributed by atoms with Crippen molar-refractivity contribution in [2.24, 2.45) is 5.92 Å². The molecule has 0 bridgehead atoms. The lowest BCUT2D eigenvalue weighted by Crippen LogP contribution is -2.45. The number of esters is 1. The Morgan fingerprint density at radius 3 is 2.59 bits per heavy atom. The average molecular weight is 393 g/mol. The van der Waals surface area contributed by atoms with E-state index in [0.717, 1.165) is 12.2 Å². The van der Waals surface area contributed by atoms with E-state index in [9.17, 15) is 9.59 Å². The Bertz CT molecular complexity index is 618. The minimum Gasteiger partial charge on any atom is -0.466 e. The first-order valence-corrected chi connectivity index (χ1v) is 10.8. The summed E-state index contributed by atoms with van der Waals surface area (Å²) in [4.78, 5) is 23.6. The van der Waals surface area contributed by atoms with Crippen LogP contribution in [0.2, 0.25) is 0 Å². The Kier molecular flexibility index (Phi) is 8.64. The normalized spacial score (nSPS) is 20.5. The molecule has 1 amide bonds. The molecule has 1 aromatic carbocycles. The van der Waals surface area contributed by atoms with Gasteiger partial charge in [-0.25, -0.2) is 0 Å². The van der Waals surface area contributed by atoms with Crippen molar-refractivity contribution in [2.75, 3.05) is 18.9 Å². The van der Waals surface area contributed by atoms with Gasteiger partial charge in [0.15, 0.2) is 0 Å². The number of carbonyl (C=O) groups is 2. The van der Waals surface area contributed by atoms with Gasteiger partial charge >= 0.3 is 5.97 Å². The molecule has 0 aliphatic carbocycles. The highest BCUT2D eigenvalue weighted by Crippen LogP contribution is 2.32. The minimum atomic E-state index is -0.279. The Hall–Kier alpha value is -1.53. The van der Waals surface area contributed by atoms with Crippen LogP contribution in [0, 0.1) is 5.92 Å². The van der Waals surface area contributed by atoms with Gasteiger partial charge in [0.2, 0.25) is 5.91 Å². The van der Waals surface area contributed by atoms with Crippen molar-refractivity contribution in [3.63, 3.8) is 0 Å². The van der Waals surface area contributed by atoms with Crippen molar-refractivity contribution in [2.45, 2.75) is 57.9 Å². The summed E-state index contributed by atoms with van der Waals surface area (Å²) in [5.41, 5.74) is 2.66. The molecule has 0 saturated carbocycles. The van der Waals surface area contributed by atoms with Crippen molar-refractivity contribution in [1.82, 2.24) is 10.6 Å². The van der Waals surface area contributed by atoms with Gasteiger partial charge in [-0.2, -0.15) is 0 Å². The minimum absolute atomic E-state index is 0.0474. The third-order valence-corrected chi connectivity index (χ3v) is 6.09. The third kappa shape index (κ3) is 6.85. The molecule has 2 N–H and O–H groups in total. The molecule has 1 aromatic rings. The number of nitrogens with one attached hydrogen (secondary N) is 2. The zero-order valence-electron chi connectivity index (χ0n) is 16.8. The highest BCUT2D eigenvalue weighted by Gasteiger charge is 2.33.